The summed E-state index contributed by atoms with van der Waals surface area (Å²) >= 11 is 0. The number of fused-ring (bicyclic) bond motifs is 3. The first-order valence-electron chi connectivity index (χ1n) is 10.5. The fourth-order valence-electron chi connectivity index (χ4n) is 5.47. The average molecular weight is 403 g/mol. The number of ketones is 1. The Bertz CT molecular complexity index is 1200. The lowest BCUT2D eigenvalue weighted by atomic mass is 9.58. The van der Waals surface area contributed by atoms with Crippen molar-refractivity contribution in [1.82, 2.24) is 29.8 Å². The van der Waals surface area contributed by atoms with Crippen LogP contribution >= 0.6 is 0 Å². The van der Waals surface area contributed by atoms with E-state index in [9.17, 15) is 4.79 Å². The summed E-state index contributed by atoms with van der Waals surface area (Å²) < 4.78 is 2.07. The fraction of sp³-hybridized carbons (Fsp3) is 0.435. The second kappa shape index (κ2) is 6.45. The number of imidazole rings is 1. The van der Waals surface area contributed by atoms with E-state index in [1.807, 2.05) is 19.1 Å². The van der Waals surface area contributed by atoms with Gasteiger partial charge in [-0.05, 0) is 49.0 Å². The van der Waals surface area contributed by atoms with Crippen molar-refractivity contribution >= 4 is 5.78 Å². The fourth-order valence-corrected chi connectivity index (χ4v) is 5.47. The van der Waals surface area contributed by atoms with E-state index < -0.39 is 0 Å². The van der Waals surface area contributed by atoms with Gasteiger partial charge in [-0.2, -0.15) is 4.80 Å². The van der Waals surface area contributed by atoms with Crippen LogP contribution in [0.25, 0.3) is 17.3 Å². The summed E-state index contributed by atoms with van der Waals surface area (Å²) in [5, 5.41) is 12.9. The molecule has 7 nitrogen and oxygen atoms in total. The maximum absolute atomic E-state index is 12.7. The van der Waals surface area contributed by atoms with Crippen LogP contribution in [0.5, 0.6) is 0 Å². The molecular weight excluding hydrogens is 376 g/mol. The molecule has 0 bridgehead atoms. The van der Waals surface area contributed by atoms with Crippen LogP contribution in [0.1, 0.15) is 44.1 Å². The summed E-state index contributed by atoms with van der Waals surface area (Å²) in [5.74, 6) is 1.87. The Labute approximate surface area is 175 Å². The van der Waals surface area contributed by atoms with Crippen molar-refractivity contribution in [2.24, 2.45) is 18.9 Å². The molecule has 0 spiro atoms. The molecule has 2 heterocycles. The number of hydrogen-bond acceptors (Lipinski definition) is 5. The van der Waals surface area contributed by atoms with Crippen LogP contribution in [0.3, 0.4) is 0 Å². The van der Waals surface area contributed by atoms with Gasteiger partial charge in [0.25, 0.3) is 5.95 Å². The number of hydrogen-bond donors (Lipinski definition) is 0. The van der Waals surface area contributed by atoms with Crippen LogP contribution in [0.2, 0.25) is 0 Å². The summed E-state index contributed by atoms with van der Waals surface area (Å²) in [6, 6.07) is 8.24. The van der Waals surface area contributed by atoms with E-state index in [0.717, 1.165) is 46.8 Å². The van der Waals surface area contributed by atoms with E-state index in [4.69, 9.17) is 4.98 Å². The quantitative estimate of drug-likeness (QED) is 0.657. The Hall–Kier alpha value is -3.09. The number of benzene rings is 1. The normalized spacial score (nSPS) is 25.6. The van der Waals surface area contributed by atoms with Gasteiger partial charge in [-0.25, -0.2) is 4.98 Å². The molecule has 3 atom stereocenters. The van der Waals surface area contributed by atoms with Crippen molar-refractivity contribution < 1.29 is 4.79 Å². The van der Waals surface area contributed by atoms with Crippen molar-refractivity contribution in [1.29, 1.82) is 0 Å². The highest BCUT2D eigenvalue weighted by molar-refractivity contribution is 5.98. The second-order valence-corrected chi connectivity index (χ2v) is 8.87. The maximum Gasteiger partial charge on any atom is 0.276 e. The number of nitrogens with zero attached hydrogens (tertiary/aromatic N) is 6. The number of aromatic nitrogens is 6. The molecule has 0 saturated carbocycles. The van der Waals surface area contributed by atoms with E-state index in [0.29, 0.717) is 5.95 Å². The first-order valence-corrected chi connectivity index (χ1v) is 10.5. The largest absolute Gasteiger partial charge is 0.294 e. The van der Waals surface area contributed by atoms with Gasteiger partial charge in [-0.15, -0.1) is 5.10 Å². The van der Waals surface area contributed by atoms with Crippen LogP contribution in [-0.4, -0.2) is 35.5 Å². The van der Waals surface area contributed by atoms with Gasteiger partial charge >= 0.3 is 0 Å². The van der Waals surface area contributed by atoms with Gasteiger partial charge < -0.3 is 0 Å². The zero-order valence-electron chi connectivity index (χ0n) is 18.0. The molecule has 0 aliphatic heterocycles. The molecule has 0 radical (unpaired) electrons. The summed E-state index contributed by atoms with van der Waals surface area (Å²) in [7, 11) is 1.77. The van der Waals surface area contributed by atoms with Crippen molar-refractivity contribution in [2.75, 3.05) is 0 Å². The monoisotopic (exact) mass is 402 g/mol. The summed E-state index contributed by atoms with van der Waals surface area (Å²) in [5.41, 5.74) is 4.88. The van der Waals surface area contributed by atoms with Crippen LogP contribution < -0.4 is 0 Å². The second-order valence-electron chi connectivity index (χ2n) is 8.87. The van der Waals surface area contributed by atoms with Gasteiger partial charge in [0.1, 0.15) is 5.82 Å². The molecule has 0 saturated heterocycles. The molecular formula is C23H26N6O. The lowest BCUT2D eigenvalue weighted by Crippen LogP contribution is -2.45. The van der Waals surface area contributed by atoms with Gasteiger partial charge in [0, 0.05) is 16.9 Å². The molecule has 0 fully saturated rings. The highest BCUT2D eigenvalue weighted by Gasteiger charge is 2.49. The minimum Gasteiger partial charge on any atom is -0.294 e. The zero-order valence-corrected chi connectivity index (χ0v) is 18.0. The molecule has 2 aromatic heterocycles. The van der Waals surface area contributed by atoms with Gasteiger partial charge in [0.05, 0.1) is 18.4 Å². The Morgan fingerprint density at radius 1 is 1.20 bits per heavy atom. The third kappa shape index (κ3) is 2.54. The first-order chi connectivity index (χ1) is 14.3. The summed E-state index contributed by atoms with van der Waals surface area (Å²) in [6.07, 6.45) is 3.90. The van der Waals surface area contributed by atoms with Crippen LogP contribution in [-0.2, 0) is 23.7 Å². The number of rotatable bonds is 2. The van der Waals surface area contributed by atoms with Gasteiger partial charge in [-0.1, -0.05) is 49.3 Å². The third-order valence-corrected chi connectivity index (χ3v) is 6.95. The van der Waals surface area contributed by atoms with Crippen molar-refractivity contribution in [2.45, 2.75) is 46.0 Å². The van der Waals surface area contributed by atoms with Crippen molar-refractivity contribution in [3.8, 4) is 17.3 Å². The van der Waals surface area contributed by atoms with E-state index in [1.165, 1.54) is 4.80 Å². The minimum absolute atomic E-state index is 0.00477. The van der Waals surface area contributed by atoms with Crippen molar-refractivity contribution in [3.05, 3.63) is 52.9 Å². The lowest BCUT2D eigenvalue weighted by Gasteiger charge is -2.44. The molecule has 30 heavy (non-hydrogen) atoms. The van der Waals surface area contributed by atoms with Crippen LogP contribution in [0, 0.1) is 18.8 Å². The molecule has 0 unspecified atom stereocenters. The number of Topliss-reactive ketones (excluding diaryl/α,β-unsaturated/α-hetero) is 1. The molecule has 154 valence electrons. The Balaban J connectivity index is 1.81. The SMILES string of the molecule is CC1=C[C@]2(C)c3nc(-c4ccccc4C)n(-c4nnn(C)n4)c3CC[C@H]2[C@H](C)C1=O. The standard InChI is InChI=1S/C23H26N6O/c1-13-8-6-7-9-16(13)21-24-20-18(29(21)22-25-27-28(5)26-22)11-10-17-15(3)19(30)14(2)12-23(17,20)4/h6-9,12,15,17H,10-11H2,1-5H3/t15-,17-,23-/m0/s1. The molecule has 3 aromatic rings. The molecule has 2 aliphatic rings. The van der Waals surface area contributed by atoms with Crippen LogP contribution in [0.15, 0.2) is 35.9 Å². The molecule has 1 aromatic carbocycles. The van der Waals surface area contributed by atoms with Gasteiger partial charge in [0.15, 0.2) is 5.78 Å². The number of aryl methyl sites for hydroxylation is 2. The zero-order chi connectivity index (χ0) is 21.2. The van der Waals surface area contributed by atoms with Gasteiger partial charge in [0.2, 0.25) is 0 Å². The topological polar surface area (TPSA) is 78.5 Å². The number of carbonyl (C=O) groups excluding carboxylic acids is 1. The maximum atomic E-state index is 12.7. The number of allylic oxidation sites excluding steroid dienone is 2. The number of carbonyl (C=O) groups is 1. The first kappa shape index (κ1) is 18.9. The summed E-state index contributed by atoms with van der Waals surface area (Å²) in [6.45, 7) is 8.31. The third-order valence-electron chi connectivity index (χ3n) is 6.95. The highest BCUT2D eigenvalue weighted by atomic mass is 16.1. The van der Waals surface area contributed by atoms with Crippen molar-refractivity contribution in [3.63, 3.8) is 0 Å². The smallest absolute Gasteiger partial charge is 0.276 e. The summed E-state index contributed by atoms with van der Waals surface area (Å²) in [4.78, 5) is 19.4. The predicted octanol–water partition coefficient (Wildman–Crippen LogP) is 3.36. The lowest BCUT2D eigenvalue weighted by molar-refractivity contribution is -0.122. The molecule has 7 heteroatoms. The van der Waals surface area contributed by atoms with E-state index >= 15 is 0 Å². The Morgan fingerprint density at radius 3 is 2.67 bits per heavy atom. The predicted molar refractivity (Wildman–Crippen MR) is 113 cm³/mol. The highest BCUT2D eigenvalue weighted by Crippen LogP contribution is 2.50. The average Bonchev–Trinajstić information content (AvgIpc) is 3.30. The molecule has 5 rings (SSSR count). The Kier molecular flexibility index (Phi) is 4.07. The Morgan fingerprint density at radius 2 is 1.97 bits per heavy atom. The molecule has 0 N–H and O–H groups in total. The number of tetrazole rings is 1. The van der Waals surface area contributed by atoms with Crippen LogP contribution in [0.4, 0.5) is 0 Å². The van der Waals surface area contributed by atoms with Gasteiger partial charge in [-0.3, -0.25) is 9.36 Å². The van der Waals surface area contributed by atoms with E-state index in [-0.39, 0.29) is 23.0 Å². The molecule has 2 aliphatic carbocycles. The van der Waals surface area contributed by atoms with E-state index in [1.54, 1.807) is 7.05 Å². The van der Waals surface area contributed by atoms with E-state index in [2.05, 4.69) is 59.0 Å². The molecule has 0 amide bonds. The minimum atomic E-state index is -0.296.